The minimum Gasteiger partial charge on any atom is -0.381 e. The third kappa shape index (κ3) is 3.02. The van der Waals surface area contributed by atoms with Gasteiger partial charge in [-0.25, -0.2) is 4.39 Å². The van der Waals surface area contributed by atoms with Gasteiger partial charge in [-0.05, 0) is 23.3 Å². The summed E-state index contributed by atoms with van der Waals surface area (Å²) in [5.41, 5.74) is 1.26. The van der Waals surface area contributed by atoms with E-state index in [9.17, 15) is 14.3 Å². The lowest BCUT2D eigenvalue weighted by atomic mass is 10.0. The third-order valence-corrected chi connectivity index (χ3v) is 2.71. The molecule has 0 saturated heterocycles. The van der Waals surface area contributed by atoms with Crippen LogP contribution in [-0.2, 0) is 11.2 Å². The summed E-state index contributed by atoms with van der Waals surface area (Å²) in [5.74, 6) is -0.636. The van der Waals surface area contributed by atoms with Gasteiger partial charge in [0.25, 0.3) is 0 Å². The summed E-state index contributed by atoms with van der Waals surface area (Å²) in [5, 5.41) is 9.88. The van der Waals surface area contributed by atoms with E-state index in [4.69, 9.17) is 0 Å². The number of carbonyl (C=O) groups excluding carboxylic acids is 1. The fraction of sp³-hybridized carbons (Fsp3) is 0.133. The Morgan fingerprint density at radius 3 is 2.28 bits per heavy atom. The summed E-state index contributed by atoms with van der Waals surface area (Å²) in [6, 6.07) is 14.5. The normalized spacial score (nSPS) is 12.1. The molecule has 0 aliphatic heterocycles. The second kappa shape index (κ2) is 5.56. The maximum atomic E-state index is 12.7. The van der Waals surface area contributed by atoms with Crippen molar-refractivity contribution in [2.24, 2.45) is 0 Å². The second-order valence-electron chi connectivity index (χ2n) is 4.08. The lowest BCUT2D eigenvalue weighted by Gasteiger charge is -2.09. The van der Waals surface area contributed by atoms with Crippen molar-refractivity contribution in [3.63, 3.8) is 0 Å². The molecule has 1 N–H and O–H groups in total. The van der Waals surface area contributed by atoms with Crippen LogP contribution in [-0.4, -0.2) is 10.9 Å². The Labute approximate surface area is 105 Å². The van der Waals surface area contributed by atoms with E-state index in [2.05, 4.69) is 0 Å². The Balaban J connectivity index is 2.06. The highest BCUT2D eigenvalue weighted by Crippen LogP contribution is 2.16. The molecule has 0 aromatic heterocycles. The molecule has 1 unspecified atom stereocenters. The molecule has 92 valence electrons. The molecule has 0 bridgehead atoms. The van der Waals surface area contributed by atoms with Crippen LogP contribution < -0.4 is 0 Å². The maximum absolute atomic E-state index is 12.7. The monoisotopic (exact) mass is 244 g/mol. The number of benzene rings is 2. The minimum absolute atomic E-state index is 0.0936. The van der Waals surface area contributed by atoms with Crippen LogP contribution in [0.1, 0.15) is 17.2 Å². The van der Waals surface area contributed by atoms with E-state index in [1.807, 2.05) is 6.07 Å². The average Bonchev–Trinajstić information content (AvgIpc) is 2.41. The van der Waals surface area contributed by atoms with Gasteiger partial charge < -0.3 is 5.11 Å². The first-order chi connectivity index (χ1) is 8.66. The van der Waals surface area contributed by atoms with Gasteiger partial charge in [-0.1, -0.05) is 42.5 Å². The summed E-state index contributed by atoms with van der Waals surface area (Å²) >= 11 is 0. The van der Waals surface area contributed by atoms with Crippen LogP contribution in [0.2, 0.25) is 0 Å². The zero-order chi connectivity index (χ0) is 13.0. The van der Waals surface area contributed by atoms with Crippen molar-refractivity contribution in [1.29, 1.82) is 0 Å². The van der Waals surface area contributed by atoms with E-state index < -0.39 is 6.10 Å². The summed E-state index contributed by atoms with van der Waals surface area (Å²) in [6.07, 6.45) is -1.03. The second-order valence-corrected chi connectivity index (χ2v) is 4.08. The molecule has 3 heteroatoms. The Bertz CT molecular complexity index is 520. The molecular formula is C15H13FO2. The van der Waals surface area contributed by atoms with E-state index >= 15 is 0 Å². The van der Waals surface area contributed by atoms with E-state index in [1.165, 1.54) is 12.1 Å². The van der Waals surface area contributed by atoms with Crippen molar-refractivity contribution >= 4 is 5.78 Å². The highest BCUT2D eigenvalue weighted by Gasteiger charge is 2.17. The quantitative estimate of drug-likeness (QED) is 0.897. The lowest BCUT2D eigenvalue weighted by Crippen LogP contribution is -2.14. The molecule has 0 fully saturated rings. The number of carbonyl (C=O) groups is 1. The van der Waals surface area contributed by atoms with Crippen molar-refractivity contribution in [2.45, 2.75) is 12.5 Å². The zero-order valence-electron chi connectivity index (χ0n) is 9.71. The number of Topliss-reactive ketones (excluding diaryl/α,β-unsaturated/α-hetero) is 1. The number of aliphatic hydroxyl groups is 1. The van der Waals surface area contributed by atoms with Crippen LogP contribution in [0.15, 0.2) is 54.6 Å². The highest BCUT2D eigenvalue weighted by molar-refractivity contribution is 5.86. The number of hydrogen-bond acceptors (Lipinski definition) is 2. The summed E-state index contributed by atoms with van der Waals surface area (Å²) in [7, 11) is 0. The molecule has 2 nitrogen and oxygen atoms in total. The fourth-order valence-electron chi connectivity index (χ4n) is 1.72. The molecule has 1 atom stereocenters. The molecule has 2 rings (SSSR count). The average molecular weight is 244 g/mol. The van der Waals surface area contributed by atoms with Gasteiger partial charge in [0.15, 0.2) is 5.78 Å². The molecule has 0 heterocycles. The van der Waals surface area contributed by atoms with Crippen molar-refractivity contribution in [2.75, 3.05) is 0 Å². The van der Waals surface area contributed by atoms with Gasteiger partial charge >= 0.3 is 0 Å². The molecular weight excluding hydrogens is 231 g/mol. The minimum atomic E-state index is -1.13. The van der Waals surface area contributed by atoms with Gasteiger partial charge in [-0.15, -0.1) is 0 Å². The zero-order valence-corrected chi connectivity index (χ0v) is 9.71. The molecule has 2 aromatic carbocycles. The molecule has 0 saturated carbocycles. The number of halogens is 1. The SMILES string of the molecule is O=C(Cc1ccc(F)cc1)C(O)c1ccccc1. The third-order valence-electron chi connectivity index (χ3n) is 2.71. The van der Waals surface area contributed by atoms with Crippen molar-refractivity contribution < 1.29 is 14.3 Å². The van der Waals surface area contributed by atoms with Gasteiger partial charge in [0.1, 0.15) is 11.9 Å². The molecule has 0 spiro atoms. The van der Waals surface area contributed by atoms with Crippen molar-refractivity contribution in [1.82, 2.24) is 0 Å². The Kier molecular flexibility index (Phi) is 3.85. The molecule has 0 amide bonds. The fourth-order valence-corrected chi connectivity index (χ4v) is 1.72. The molecule has 0 radical (unpaired) electrons. The van der Waals surface area contributed by atoms with Gasteiger partial charge in [-0.3, -0.25) is 4.79 Å². The van der Waals surface area contributed by atoms with E-state index in [-0.39, 0.29) is 18.0 Å². The standard InChI is InChI=1S/C15H13FO2/c16-13-8-6-11(7-9-13)10-14(17)15(18)12-4-2-1-3-5-12/h1-9,15,18H,10H2. The van der Waals surface area contributed by atoms with Gasteiger partial charge in [0.05, 0.1) is 0 Å². The van der Waals surface area contributed by atoms with Gasteiger partial charge in [-0.2, -0.15) is 0 Å². The number of hydrogen-bond donors (Lipinski definition) is 1. The van der Waals surface area contributed by atoms with Crippen LogP contribution >= 0.6 is 0 Å². The smallest absolute Gasteiger partial charge is 0.170 e. The van der Waals surface area contributed by atoms with Crippen LogP contribution in [0, 0.1) is 5.82 Å². The first-order valence-electron chi connectivity index (χ1n) is 5.67. The lowest BCUT2D eigenvalue weighted by molar-refractivity contribution is -0.126. The van der Waals surface area contributed by atoms with Gasteiger partial charge in [0, 0.05) is 6.42 Å². The molecule has 0 aliphatic rings. The van der Waals surface area contributed by atoms with Crippen LogP contribution in [0.4, 0.5) is 4.39 Å². The number of rotatable bonds is 4. The first-order valence-corrected chi connectivity index (χ1v) is 5.67. The predicted octanol–water partition coefficient (Wildman–Crippen LogP) is 2.67. The van der Waals surface area contributed by atoms with Crippen LogP contribution in [0.5, 0.6) is 0 Å². The topological polar surface area (TPSA) is 37.3 Å². The van der Waals surface area contributed by atoms with Crippen LogP contribution in [0.25, 0.3) is 0 Å². The molecule has 2 aromatic rings. The molecule has 0 aliphatic carbocycles. The van der Waals surface area contributed by atoms with Gasteiger partial charge in [0.2, 0.25) is 0 Å². The van der Waals surface area contributed by atoms with E-state index in [0.29, 0.717) is 11.1 Å². The maximum Gasteiger partial charge on any atom is 0.170 e. The number of aliphatic hydroxyl groups excluding tert-OH is 1. The van der Waals surface area contributed by atoms with E-state index in [1.54, 1.807) is 36.4 Å². The number of ketones is 1. The Hall–Kier alpha value is -2.00. The molecule has 18 heavy (non-hydrogen) atoms. The van der Waals surface area contributed by atoms with Crippen LogP contribution in [0.3, 0.4) is 0 Å². The first kappa shape index (κ1) is 12.5. The van der Waals surface area contributed by atoms with Crippen molar-refractivity contribution in [3.05, 3.63) is 71.5 Å². The summed E-state index contributed by atoms with van der Waals surface area (Å²) < 4.78 is 12.7. The summed E-state index contributed by atoms with van der Waals surface area (Å²) in [4.78, 5) is 11.9. The predicted molar refractivity (Wildman–Crippen MR) is 66.5 cm³/mol. The van der Waals surface area contributed by atoms with E-state index in [0.717, 1.165) is 0 Å². The highest BCUT2D eigenvalue weighted by atomic mass is 19.1. The largest absolute Gasteiger partial charge is 0.381 e. The summed E-state index contributed by atoms with van der Waals surface area (Å²) in [6.45, 7) is 0. The Morgan fingerprint density at radius 1 is 1.06 bits per heavy atom. The Morgan fingerprint density at radius 2 is 1.67 bits per heavy atom. The van der Waals surface area contributed by atoms with Crippen molar-refractivity contribution in [3.8, 4) is 0 Å².